The summed E-state index contributed by atoms with van der Waals surface area (Å²) < 4.78 is 0. The molecule has 0 aliphatic rings. The topological polar surface area (TPSA) is 42.7 Å². The zero-order valence-electron chi connectivity index (χ0n) is 14.7. The smallest absolute Gasteiger partial charge is 0.117 e. The number of hydrogen-bond acceptors (Lipinski definition) is 4. The Labute approximate surface area is 167 Å². The molecule has 0 aliphatic heterocycles. The molecule has 0 atom stereocenters. The Morgan fingerprint density at radius 3 is 2.48 bits per heavy atom. The van der Waals surface area contributed by atoms with Gasteiger partial charge in [-0.2, -0.15) is 15.0 Å². The summed E-state index contributed by atoms with van der Waals surface area (Å²) in [6.45, 7) is 2.03. The third-order valence-electron chi connectivity index (χ3n) is 4.21. The first-order valence-corrected chi connectivity index (χ1v) is 10.0. The molecule has 4 rings (SSSR count). The van der Waals surface area contributed by atoms with Crippen molar-refractivity contribution in [1.82, 2.24) is 20.3 Å². The fourth-order valence-electron chi connectivity index (χ4n) is 2.89. The van der Waals surface area contributed by atoms with Crippen molar-refractivity contribution in [3.63, 3.8) is 0 Å². The average Bonchev–Trinajstić information content (AvgIpc) is 3.35. The maximum absolute atomic E-state index is 6.30. The average molecular weight is 395 g/mol. The molecular weight excluding hydrogens is 376 g/mol. The van der Waals surface area contributed by atoms with E-state index in [4.69, 9.17) is 21.8 Å². The molecule has 0 radical (unpaired) electrons. The van der Waals surface area contributed by atoms with Gasteiger partial charge in [-0.3, -0.25) is 0 Å². The number of benzene rings is 2. The molecular formula is C21H19ClN4S. The number of halogens is 1. The Hall–Kier alpha value is -2.47. The van der Waals surface area contributed by atoms with Crippen LogP contribution in [0.25, 0.3) is 11.3 Å². The van der Waals surface area contributed by atoms with Crippen molar-refractivity contribution in [3.05, 3.63) is 93.3 Å². The molecule has 0 fully saturated rings. The molecule has 2 aromatic carbocycles. The van der Waals surface area contributed by atoms with E-state index in [0.717, 1.165) is 34.1 Å². The number of aromatic nitrogens is 3. The summed E-state index contributed by atoms with van der Waals surface area (Å²) >= 11 is 8.05. The second-order valence-corrected chi connectivity index (χ2v) is 7.61. The maximum Gasteiger partial charge on any atom is 0.117 e. The van der Waals surface area contributed by atoms with E-state index in [0.29, 0.717) is 13.1 Å². The van der Waals surface area contributed by atoms with Gasteiger partial charge < -0.3 is 5.32 Å². The highest BCUT2D eigenvalue weighted by Gasteiger charge is 2.14. The van der Waals surface area contributed by atoms with Crippen molar-refractivity contribution in [2.24, 2.45) is 0 Å². The van der Waals surface area contributed by atoms with Crippen LogP contribution in [0.5, 0.6) is 0 Å². The normalized spacial score (nSPS) is 11.0. The Morgan fingerprint density at radius 1 is 0.889 bits per heavy atom. The zero-order chi connectivity index (χ0) is 18.5. The van der Waals surface area contributed by atoms with Gasteiger partial charge in [0.25, 0.3) is 0 Å². The van der Waals surface area contributed by atoms with E-state index in [9.17, 15) is 0 Å². The van der Waals surface area contributed by atoms with Gasteiger partial charge in [-0.25, -0.2) is 0 Å². The van der Waals surface area contributed by atoms with Gasteiger partial charge in [0.2, 0.25) is 0 Å². The Balaban J connectivity index is 1.57. The molecule has 136 valence electrons. The third-order valence-corrected chi connectivity index (χ3v) is 5.46. The maximum atomic E-state index is 6.30. The summed E-state index contributed by atoms with van der Waals surface area (Å²) in [6, 6.07) is 22.2. The lowest BCUT2D eigenvalue weighted by Crippen LogP contribution is -2.13. The van der Waals surface area contributed by atoms with Gasteiger partial charge in [0.15, 0.2) is 0 Å². The second-order valence-electron chi connectivity index (χ2n) is 6.17. The van der Waals surface area contributed by atoms with Crippen LogP contribution < -0.4 is 5.32 Å². The SMILES string of the molecule is Clc1ccccc1Cn1nc(CNCc2cccs2)c(-c2ccccc2)n1. The predicted octanol–water partition coefficient (Wildman–Crippen LogP) is 5.00. The van der Waals surface area contributed by atoms with Crippen LogP contribution in [0.15, 0.2) is 72.1 Å². The van der Waals surface area contributed by atoms with E-state index in [1.165, 1.54) is 4.88 Å². The van der Waals surface area contributed by atoms with Gasteiger partial charge in [-0.05, 0) is 23.1 Å². The second kappa shape index (κ2) is 8.48. The quantitative estimate of drug-likeness (QED) is 0.479. The molecule has 4 aromatic rings. The van der Waals surface area contributed by atoms with E-state index in [-0.39, 0.29) is 0 Å². The molecule has 0 saturated carbocycles. The number of thiophene rings is 1. The van der Waals surface area contributed by atoms with Crippen LogP contribution in [0.3, 0.4) is 0 Å². The van der Waals surface area contributed by atoms with Crippen LogP contribution in [-0.4, -0.2) is 15.0 Å². The summed E-state index contributed by atoms with van der Waals surface area (Å²) in [5.41, 5.74) is 3.91. The Kier molecular flexibility index (Phi) is 5.63. The molecule has 27 heavy (non-hydrogen) atoms. The van der Waals surface area contributed by atoms with Gasteiger partial charge >= 0.3 is 0 Å². The van der Waals surface area contributed by atoms with Gasteiger partial charge in [0.05, 0.1) is 6.54 Å². The molecule has 4 nitrogen and oxygen atoms in total. The largest absolute Gasteiger partial charge is 0.306 e. The van der Waals surface area contributed by atoms with Crippen molar-refractivity contribution in [2.75, 3.05) is 0 Å². The lowest BCUT2D eigenvalue weighted by atomic mass is 10.1. The molecule has 0 unspecified atom stereocenters. The minimum absolute atomic E-state index is 0.546. The third kappa shape index (κ3) is 4.45. The van der Waals surface area contributed by atoms with Crippen molar-refractivity contribution >= 4 is 22.9 Å². The molecule has 1 N–H and O–H groups in total. The van der Waals surface area contributed by atoms with E-state index < -0.39 is 0 Å². The van der Waals surface area contributed by atoms with Crippen molar-refractivity contribution in [1.29, 1.82) is 0 Å². The van der Waals surface area contributed by atoms with Crippen molar-refractivity contribution in [2.45, 2.75) is 19.6 Å². The monoisotopic (exact) mass is 394 g/mol. The van der Waals surface area contributed by atoms with Gasteiger partial charge in [-0.1, -0.05) is 66.2 Å². The Bertz CT molecular complexity index is 996. The summed E-state index contributed by atoms with van der Waals surface area (Å²) in [5, 5.41) is 15.8. The minimum atomic E-state index is 0.546. The summed E-state index contributed by atoms with van der Waals surface area (Å²) in [4.78, 5) is 3.03. The molecule has 2 aromatic heterocycles. The number of nitrogens with one attached hydrogen (secondary N) is 1. The van der Waals surface area contributed by atoms with Crippen LogP contribution in [0.4, 0.5) is 0 Å². The van der Waals surface area contributed by atoms with Crippen LogP contribution in [0, 0.1) is 0 Å². The Morgan fingerprint density at radius 2 is 1.70 bits per heavy atom. The predicted molar refractivity (Wildman–Crippen MR) is 111 cm³/mol. The molecule has 0 bridgehead atoms. The molecule has 0 saturated heterocycles. The van der Waals surface area contributed by atoms with E-state index in [2.05, 4.69) is 35.0 Å². The van der Waals surface area contributed by atoms with Gasteiger partial charge in [-0.15, -0.1) is 11.3 Å². The van der Waals surface area contributed by atoms with Gasteiger partial charge in [0, 0.05) is 28.6 Å². The van der Waals surface area contributed by atoms with E-state index >= 15 is 0 Å². The summed E-state index contributed by atoms with van der Waals surface area (Å²) in [6.07, 6.45) is 0. The number of hydrogen-bond donors (Lipinski definition) is 1. The van der Waals surface area contributed by atoms with Gasteiger partial charge in [0.1, 0.15) is 11.4 Å². The fourth-order valence-corrected chi connectivity index (χ4v) is 3.76. The van der Waals surface area contributed by atoms with E-state index in [1.54, 1.807) is 16.1 Å². The standard InChI is InChI=1S/C21H19ClN4S/c22-19-11-5-4-9-17(19)15-26-24-20(14-23-13-18-10-6-12-27-18)21(25-26)16-7-2-1-3-8-16/h1-12,23H,13-15H2. The first-order valence-electron chi connectivity index (χ1n) is 8.75. The number of nitrogens with zero attached hydrogens (tertiary/aromatic N) is 3. The first-order chi connectivity index (χ1) is 13.3. The molecule has 2 heterocycles. The van der Waals surface area contributed by atoms with Crippen molar-refractivity contribution in [3.8, 4) is 11.3 Å². The first kappa shape index (κ1) is 17.9. The lowest BCUT2D eigenvalue weighted by Gasteiger charge is -2.03. The highest BCUT2D eigenvalue weighted by atomic mass is 35.5. The van der Waals surface area contributed by atoms with Crippen LogP contribution in [-0.2, 0) is 19.6 Å². The van der Waals surface area contributed by atoms with E-state index in [1.807, 2.05) is 42.5 Å². The molecule has 0 amide bonds. The lowest BCUT2D eigenvalue weighted by molar-refractivity contribution is 0.577. The highest BCUT2D eigenvalue weighted by molar-refractivity contribution is 7.09. The molecule has 0 aliphatic carbocycles. The highest BCUT2D eigenvalue weighted by Crippen LogP contribution is 2.22. The van der Waals surface area contributed by atoms with Crippen LogP contribution >= 0.6 is 22.9 Å². The molecule has 0 spiro atoms. The van der Waals surface area contributed by atoms with Crippen LogP contribution in [0.2, 0.25) is 5.02 Å². The molecule has 6 heteroatoms. The van der Waals surface area contributed by atoms with Crippen LogP contribution in [0.1, 0.15) is 16.1 Å². The summed E-state index contributed by atoms with van der Waals surface area (Å²) in [5.74, 6) is 0. The summed E-state index contributed by atoms with van der Waals surface area (Å²) in [7, 11) is 0. The minimum Gasteiger partial charge on any atom is -0.306 e. The van der Waals surface area contributed by atoms with Crippen molar-refractivity contribution < 1.29 is 0 Å². The fraction of sp³-hybridized carbons (Fsp3) is 0.143. The number of rotatable bonds is 7. The zero-order valence-corrected chi connectivity index (χ0v) is 16.2.